The summed E-state index contributed by atoms with van der Waals surface area (Å²) in [5, 5.41) is 2.07. The lowest BCUT2D eigenvalue weighted by atomic mass is 10.2. The monoisotopic (exact) mass is 454 g/mol. The van der Waals surface area contributed by atoms with Crippen LogP contribution in [0.15, 0.2) is 57.2 Å². The third kappa shape index (κ3) is 4.00. The molecule has 3 aromatic rings. The summed E-state index contributed by atoms with van der Waals surface area (Å²) >= 11 is 4.59. The molecule has 0 saturated carbocycles. The van der Waals surface area contributed by atoms with Crippen molar-refractivity contribution in [3.8, 4) is 22.8 Å². The van der Waals surface area contributed by atoms with Crippen molar-refractivity contribution in [1.29, 1.82) is 0 Å². The first-order valence-corrected chi connectivity index (χ1v) is 10.5. The third-order valence-electron chi connectivity index (χ3n) is 3.53. The van der Waals surface area contributed by atoms with E-state index in [4.69, 9.17) is 9.47 Å². The molecule has 0 aliphatic carbocycles. The summed E-state index contributed by atoms with van der Waals surface area (Å²) in [5.74, 6) is 0.642. The quantitative estimate of drug-likeness (QED) is 0.597. The topological polar surface area (TPSA) is 77.5 Å². The molecular formula is C17H15BrN2O4S2. The van der Waals surface area contributed by atoms with Gasteiger partial charge in [0, 0.05) is 21.5 Å². The van der Waals surface area contributed by atoms with E-state index in [1.807, 2.05) is 24.3 Å². The van der Waals surface area contributed by atoms with Crippen LogP contribution in [0.5, 0.6) is 11.5 Å². The molecule has 0 radical (unpaired) electrons. The van der Waals surface area contributed by atoms with Gasteiger partial charge in [0.15, 0.2) is 5.13 Å². The first kappa shape index (κ1) is 18.7. The van der Waals surface area contributed by atoms with Gasteiger partial charge in [0.2, 0.25) is 0 Å². The Morgan fingerprint density at radius 3 is 2.46 bits per heavy atom. The van der Waals surface area contributed by atoms with Crippen LogP contribution in [-0.2, 0) is 10.0 Å². The lowest BCUT2D eigenvalue weighted by molar-refractivity contribution is 0.392. The minimum atomic E-state index is -3.88. The molecule has 3 rings (SSSR count). The van der Waals surface area contributed by atoms with Gasteiger partial charge in [-0.3, -0.25) is 4.72 Å². The van der Waals surface area contributed by atoms with Gasteiger partial charge in [-0.1, -0.05) is 28.1 Å². The second kappa shape index (κ2) is 7.65. The summed E-state index contributed by atoms with van der Waals surface area (Å²) in [6, 6.07) is 12.2. The van der Waals surface area contributed by atoms with Crippen LogP contribution >= 0.6 is 27.3 Å². The van der Waals surface area contributed by atoms with Crippen LogP contribution in [-0.4, -0.2) is 27.6 Å². The zero-order valence-corrected chi connectivity index (χ0v) is 17.1. The summed E-state index contributed by atoms with van der Waals surface area (Å²) in [6.07, 6.45) is 0. The van der Waals surface area contributed by atoms with E-state index in [1.165, 1.54) is 31.6 Å². The third-order valence-corrected chi connectivity index (χ3v) is 6.30. The Balaban J connectivity index is 1.90. The number of sulfonamides is 1. The number of rotatable bonds is 6. The predicted octanol–water partition coefficient (Wildman–Crippen LogP) is 4.39. The number of ether oxygens (including phenoxy) is 2. The van der Waals surface area contributed by atoms with Gasteiger partial charge in [-0.25, -0.2) is 13.4 Å². The largest absolute Gasteiger partial charge is 0.497 e. The number of aromatic nitrogens is 1. The minimum Gasteiger partial charge on any atom is -0.497 e. The second-order valence-electron chi connectivity index (χ2n) is 5.17. The van der Waals surface area contributed by atoms with Crippen molar-refractivity contribution in [2.75, 3.05) is 18.9 Å². The highest BCUT2D eigenvalue weighted by molar-refractivity contribution is 9.10. The standard InChI is InChI=1S/C17H15BrN2O4S2/c1-23-13-7-8-15(24-2)16(9-13)26(21,22)20-17-19-14(10-25-17)11-3-5-12(18)6-4-11/h3-10H,1-2H3,(H,19,20). The van der Waals surface area contributed by atoms with Crippen molar-refractivity contribution in [3.05, 3.63) is 52.3 Å². The van der Waals surface area contributed by atoms with Crippen LogP contribution in [0.1, 0.15) is 0 Å². The number of nitrogens with one attached hydrogen (secondary N) is 1. The van der Waals surface area contributed by atoms with Gasteiger partial charge in [0.05, 0.1) is 19.9 Å². The van der Waals surface area contributed by atoms with Gasteiger partial charge >= 0.3 is 0 Å². The van der Waals surface area contributed by atoms with E-state index in [0.29, 0.717) is 11.4 Å². The molecule has 136 valence electrons. The summed E-state index contributed by atoms with van der Waals surface area (Å²) < 4.78 is 39.2. The molecule has 0 atom stereocenters. The first-order chi connectivity index (χ1) is 12.4. The van der Waals surface area contributed by atoms with E-state index >= 15 is 0 Å². The number of nitrogens with zero attached hydrogens (tertiary/aromatic N) is 1. The average Bonchev–Trinajstić information content (AvgIpc) is 3.09. The Labute approximate surface area is 164 Å². The van der Waals surface area contributed by atoms with Crippen molar-refractivity contribution in [1.82, 2.24) is 4.98 Å². The normalized spacial score (nSPS) is 11.2. The van der Waals surface area contributed by atoms with Gasteiger partial charge in [-0.2, -0.15) is 0 Å². The molecule has 0 spiro atoms. The molecule has 0 aliphatic rings. The number of halogens is 1. The van der Waals surface area contributed by atoms with E-state index in [0.717, 1.165) is 10.0 Å². The number of thiazole rings is 1. The smallest absolute Gasteiger partial charge is 0.267 e. The SMILES string of the molecule is COc1ccc(OC)c(S(=O)(=O)Nc2nc(-c3ccc(Br)cc3)cs2)c1. The van der Waals surface area contributed by atoms with E-state index in [9.17, 15) is 8.42 Å². The van der Waals surface area contributed by atoms with Crippen LogP contribution in [0.3, 0.4) is 0 Å². The van der Waals surface area contributed by atoms with Crippen molar-refractivity contribution < 1.29 is 17.9 Å². The zero-order valence-electron chi connectivity index (χ0n) is 13.9. The summed E-state index contributed by atoms with van der Waals surface area (Å²) in [6.45, 7) is 0. The number of anilines is 1. The Morgan fingerprint density at radius 2 is 1.81 bits per heavy atom. The second-order valence-corrected chi connectivity index (χ2v) is 8.59. The number of methoxy groups -OCH3 is 2. The molecule has 0 bridgehead atoms. The molecule has 2 aromatic carbocycles. The highest BCUT2D eigenvalue weighted by Gasteiger charge is 2.22. The van der Waals surface area contributed by atoms with Gasteiger partial charge in [-0.15, -0.1) is 11.3 Å². The molecule has 1 aromatic heterocycles. The molecule has 9 heteroatoms. The molecule has 0 aliphatic heterocycles. The van der Waals surface area contributed by atoms with Crippen molar-refractivity contribution >= 4 is 42.4 Å². The maximum atomic E-state index is 12.8. The molecule has 1 heterocycles. The first-order valence-electron chi connectivity index (χ1n) is 7.39. The van der Waals surface area contributed by atoms with Gasteiger partial charge in [-0.05, 0) is 24.3 Å². The summed E-state index contributed by atoms with van der Waals surface area (Å²) in [4.78, 5) is 4.35. The Kier molecular flexibility index (Phi) is 5.49. The number of hydrogen-bond donors (Lipinski definition) is 1. The van der Waals surface area contributed by atoms with Crippen molar-refractivity contribution in [2.24, 2.45) is 0 Å². The average molecular weight is 455 g/mol. The number of hydrogen-bond acceptors (Lipinski definition) is 6. The lowest BCUT2D eigenvalue weighted by Crippen LogP contribution is -2.14. The van der Waals surface area contributed by atoms with Crippen LogP contribution in [0.4, 0.5) is 5.13 Å². The fourth-order valence-corrected chi connectivity index (χ4v) is 4.66. The summed E-state index contributed by atoms with van der Waals surface area (Å²) in [7, 11) is -0.997. The molecule has 26 heavy (non-hydrogen) atoms. The molecular weight excluding hydrogens is 440 g/mol. The van der Waals surface area contributed by atoms with Crippen LogP contribution < -0.4 is 14.2 Å². The van der Waals surface area contributed by atoms with Crippen molar-refractivity contribution in [2.45, 2.75) is 4.90 Å². The summed E-state index contributed by atoms with van der Waals surface area (Å²) in [5.41, 5.74) is 1.59. The predicted molar refractivity (Wildman–Crippen MR) is 106 cm³/mol. The molecule has 0 unspecified atom stereocenters. The Bertz CT molecular complexity index is 1020. The number of benzene rings is 2. The van der Waals surface area contributed by atoms with Gasteiger partial charge < -0.3 is 9.47 Å². The van der Waals surface area contributed by atoms with Gasteiger partial charge in [0.25, 0.3) is 10.0 Å². The highest BCUT2D eigenvalue weighted by Crippen LogP contribution is 2.32. The maximum Gasteiger partial charge on any atom is 0.267 e. The fraction of sp³-hybridized carbons (Fsp3) is 0.118. The lowest BCUT2D eigenvalue weighted by Gasteiger charge is -2.11. The fourth-order valence-electron chi connectivity index (χ4n) is 2.24. The molecule has 0 fully saturated rings. The van der Waals surface area contributed by atoms with Crippen LogP contribution in [0, 0.1) is 0 Å². The molecule has 6 nitrogen and oxygen atoms in total. The highest BCUT2D eigenvalue weighted by atomic mass is 79.9. The van der Waals surface area contributed by atoms with Gasteiger partial charge in [0.1, 0.15) is 16.4 Å². The molecule has 1 N–H and O–H groups in total. The van der Waals surface area contributed by atoms with E-state index < -0.39 is 10.0 Å². The van der Waals surface area contributed by atoms with Crippen molar-refractivity contribution in [3.63, 3.8) is 0 Å². The Hall–Kier alpha value is -2.10. The van der Waals surface area contributed by atoms with Crippen LogP contribution in [0.2, 0.25) is 0 Å². The van der Waals surface area contributed by atoms with E-state index in [2.05, 4.69) is 25.6 Å². The van der Waals surface area contributed by atoms with E-state index in [1.54, 1.807) is 17.5 Å². The minimum absolute atomic E-state index is 0.0141. The Morgan fingerprint density at radius 1 is 1.08 bits per heavy atom. The molecule has 0 amide bonds. The van der Waals surface area contributed by atoms with E-state index in [-0.39, 0.29) is 15.8 Å². The molecule has 0 saturated heterocycles. The zero-order chi connectivity index (χ0) is 18.7. The van der Waals surface area contributed by atoms with Crippen LogP contribution in [0.25, 0.3) is 11.3 Å². The maximum absolute atomic E-state index is 12.8.